The molecule has 0 spiro atoms. The lowest BCUT2D eigenvalue weighted by atomic mass is 9.78. The summed E-state index contributed by atoms with van der Waals surface area (Å²) in [5, 5.41) is -0.546. The van der Waals surface area contributed by atoms with E-state index in [2.05, 4.69) is 4.72 Å². The Bertz CT molecular complexity index is 747. The van der Waals surface area contributed by atoms with Crippen molar-refractivity contribution in [3.05, 3.63) is 18.2 Å². The molecular formula is C18H30BNO6S. The molecule has 0 aliphatic carbocycles. The van der Waals surface area contributed by atoms with Gasteiger partial charge in [-0.2, -0.15) is 0 Å². The van der Waals surface area contributed by atoms with Crippen LogP contribution in [0.5, 0.6) is 5.75 Å². The molecule has 1 saturated heterocycles. The van der Waals surface area contributed by atoms with Crippen LogP contribution in [0, 0.1) is 0 Å². The Morgan fingerprint density at radius 3 is 2.22 bits per heavy atom. The average Bonchev–Trinajstić information content (AvgIpc) is 2.76. The van der Waals surface area contributed by atoms with Crippen molar-refractivity contribution in [2.24, 2.45) is 0 Å². The standard InChI is InChI=1S/C18H30BNO6S/c1-13(2)27(21,22)20-14-8-9-16(24-11-10-23-7)15(12-14)19-25-17(3,4)18(5,6)26-19/h8-9,12-13,20H,10-11H2,1-7H3. The molecule has 0 bridgehead atoms. The van der Waals surface area contributed by atoms with Gasteiger partial charge < -0.3 is 18.8 Å². The molecule has 27 heavy (non-hydrogen) atoms. The molecule has 0 aromatic heterocycles. The van der Waals surface area contributed by atoms with Crippen molar-refractivity contribution in [2.75, 3.05) is 25.0 Å². The summed E-state index contributed by atoms with van der Waals surface area (Å²) in [5.74, 6) is 0.568. The summed E-state index contributed by atoms with van der Waals surface area (Å²) in [5.41, 5.74) is 0.0327. The van der Waals surface area contributed by atoms with Gasteiger partial charge in [-0.15, -0.1) is 0 Å². The summed E-state index contributed by atoms with van der Waals surface area (Å²) in [4.78, 5) is 0. The van der Waals surface area contributed by atoms with Gasteiger partial charge in [-0.1, -0.05) is 0 Å². The largest absolute Gasteiger partial charge is 0.498 e. The van der Waals surface area contributed by atoms with E-state index in [9.17, 15) is 8.42 Å². The van der Waals surface area contributed by atoms with Gasteiger partial charge in [0.25, 0.3) is 0 Å². The van der Waals surface area contributed by atoms with Crippen LogP contribution >= 0.6 is 0 Å². The van der Waals surface area contributed by atoms with Crippen LogP contribution in [0.3, 0.4) is 0 Å². The Morgan fingerprint density at radius 1 is 1.11 bits per heavy atom. The highest BCUT2D eigenvalue weighted by molar-refractivity contribution is 7.93. The average molecular weight is 399 g/mol. The van der Waals surface area contributed by atoms with Crippen LogP contribution in [-0.2, 0) is 24.1 Å². The van der Waals surface area contributed by atoms with Gasteiger partial charge in [0.1, 0.15) is 12.4 Å². The van der Waals surface area contributed by atoms with Gasteiger partial charge in [0.05, 0.1) is 23.1 Å². The smallest absolute Gasteiger partial charge is 0.492 e. The fourth-order valence-corrected chi connectivity index (χ4v) is 3.11. The van der Waals surface area contributed by atoms with Crippen molar-refractivity contribution in [2.45, 2.75) is 58.0 Å². The first-order valence-electron chi connectivity index (χ1n) is 9.02. The van der Waals surface area contributed by atoms with Gasteiger partial charge in [-0.25, -0.2) is 8.42 Å². The van der Waals surface area contributed by atoms with E-state index in [-0.39, 0.29) is 0 Å². The zero-order valence-corrected chi connectivity index (χ0v) is 18.0. The van der Waals surface area contributed by atoms with Crippen molar-refractivity contribution in [3.8, 4) is 5.75 Å². The summed E-state index contributed by atoms with van der Waals surface area (Å²) in [6, 6.07) is 5.08. The lowest BCUT2D eigenvalue weighted by molar-refractivity contribution is 0.00578. The minimum absolute atomic E-state index is 0.361. The molecule has 1 aliphatic heterocycles. The monoisotopic (exact) mass is 399 g/mol. The third-order valence-electron chi connectivity index (χ3n) is 4.94. The van der Waals surface area contributed by atoms with Crippen molar-refractivity contribution in [3.63, 3.8) is 0 Å². The van der Waals surface area contributed by atoms with E-state index in [4.69, 9.17) is 18.8 Å². The first-order chi connectivity index (χ1) is 12.4. The van der Waals surface area contributed by atoms with Crippen LogP contribution in [-0.4, -0.2) is 52.3 Å². The molecule has 1 aromatic rings. The van der Waals surface area contributed by atoms with Gasteiger partial charge in [0.15, 0.2) is 0 Å². The SMILES string of the molecule is COCCOc1ccc(NS(=O)(=O)C(C)C)cc1B1OC(C)(C)C(C)(C)O1. The lowest BCUT2D eigenvalue weighted by Crippen LogP contribution is -2.41. The van der Waals surface area contributed by atoms with Crippen molar-refractivity contribution >= 4 is 28.3 Å². The Hall–Kier alpha value is -1.29. The van der Waals surface area contributed by atoms with Gasteiger partial charge in [0, 0.05) is 18.3 Å². The van der Waals surface area contributed by atoms with E-state index < -0.39 is 33.6 Å². The predicted octanol–water partition coefficient (Wildman–Crippen LogP) is 2.16. The first kappa shape index (κ1) is 22.0. The van der Waals surface area contributed by atoms with E-state index in [1.807, 2.05) is 27.7 Å². The highest BCUT2D eigenvalue weighted by atomic mass is 32.2. The predicted molar refractivity (Wildman–Crippen MR) is 107 cm³/mol. The van der Waals surface area contributed by atoms with Crippen molar-refractivity contribution in [1.29, 1.82) is 0 Å². The fraction of sp³-hybridized carbons (Fsp3) is 0.667. The first-order valence-corrected chi connectivity index (χ1v) is 10.6. The van der Waals surface area contributed by atoms with Crippen LogP contribution in [0.25, 0.3) is 0 Å². The summed E-state index contributed by atoms with van der Waals surface area (Å²) in [7, 11) is -2.53. The fourth-order valence-electron chi connectivity index (χ4n) is 2.41. The third kappa shape index (κ3) is 4.96. The number of ether oxygens (including phenoxy) is 2. The second kappa shape index (κ2) is 7.99. The van der Waals surface area contributed by atoms with Crippen LogP contribution < -0.4 is 14.9 Å². The maximum atomic E-state index is 12.2. The zero-order valence-electron chi connectivity index (χ0n) is 17.2. The minimum atomic E-state index is -3.46. The molecule has 1 fully saturated rings. The molecule has 152 valence electrons. The number of sulfonamides is 1. The molecule has 0 atom stereocenters. The molecule has 0 radical (unpaired) electrons. The summed E-state index contributed by atoms with van der Waals surface area (Å²) >= 11 is 0. The van der Waals surface area contributed by atoms with Gasteiger partial charge in [-0.05, 0) is 59.7 Å². The second-order valence-corrected chi connectivity index (χ2v) is 10.1. The van der Waals surface area contributed by atoms with E-state index >= 15 is 0 Å². The maximum Gasteiger partial charge on any atom is 0.498 e. The minimum Gasteiger partial charge on any atom is -0.492 e. The Balaban J connectivity index is 2.37. The molecule has 1 aromatic carbocycles. The van der Waals surface area contributed by atoms with Gasteiger partial charge >= 0.3 is 7.12 Å². The molecule has 1 heterocycles. The van der Waals surface area contributed by atoms with Crippen LogP contribution in [0.1, 0.15) is 41.5 Å². The van der Waals surface area contributed by atoms with Crippen molar-refractivity contribution < 1.29 is 27.2 Å². The van der Waals surface area contributed by atoms with E-state index in [0.29, 0.717) is 30.1 Å². The van der Waals surface area contributed by atoms with Crippen LogP contribution in [0.15, 0.2) is 18.2 Å². The number of rotatable bonds is 8. The number of anilines is 1. The Labute approximate surface area is 162 Å². The molecule has 0 saturated carbocycles. The molecule has 0 amide bonds. The normalized spacial score (nSPS) is 18.7. The Morgan fingerprint density at radius 2 is 1.70 bits per heavy atom. The number of benzene rings is 1. The summed E-state index contributed by atoms with van der Waals surface area (Å²) in [6.45, 7) is 11.9. The van der Waals surface area contributed by atoms with Crippen LogP contribution in [0.2, 0.25) is 0 Å². The molecule has 1 N–H and O–H groups in total. The summed E-state index contributed by atoms with van der Waals surface area (Å²) < 4.78 is 50.1. The zero-order chi connectivity index (χ0) is 20.5. The highest BCUT2D eigenvalue weighted by Gasteiger charge is 2.52. The molecule has 2 rings (SSSR count). The second-order valence-electron chi connectivity index (χ2n) is 7.88. The Kier molecular flexibility index (Phi) is 6.51. The van der Waals surface area contributed by atoms with E-state index in [1.165, 1.54) is 0 Å². The third-order valence-corrected chi connectivity index (χ3v) is 6.70. The van der Waals surface area contributed by atoms with Crippen molar-refractivity contribution in [1.82, 2.24) is 0 Å². The topological polar surface area (TPSA) is 83.1 Å². The molecule has 0 unspecified atom stereocenters. The molecular weight excluding hydrogens is 369 g/mol. The maximum absolute atomic E-state index is 12.2. The quantitative estimate of drug-likeness (QED) is 0.533. The van der Waals surface area contributed by atoms with Crippen LogP contribution in [0.4, 0.5) is 5.69 Å². The van der Waals surface area contributed by atoms with E-state index in [1.54, 1.807) is 39.2 Å². The van der Waals surface area contributed by atoms with E-state index in [0.717, 1.165) is 0 Å². The number of hydrogen-bond acceptors (Lipinski definition) is 6. The van der Waals surface area contributed by atoms with Gasteiger partial charge in [0.2, 0.25) is 10.0 Å². The molecule has 9 heteroatoms. The molecule has 1 aliphatic rings. The van der Waals surface area contributed by atoms with Gasteiger partial charge in [-0.3, -0.25) is 4.72 Å². The molecule has 7 nitrogen and oxygen atoms in total. The lowest BCUT2D eigenvalue weighted by Gasteiger charge is -2.32. The highest BCUT2D eigenvalue weighted by Crippen LogP contribution is 2.37. The number of nitrogens with one attached hydrogen (secondary N) is 1. The number of methoxy groups -OCH3 is 1. The summed E-state index contributed by atoms with van der Waals surface area (Å²) in [6.07, 6.45) is 0. The number of hydrogen-bond donors (Lipinski definition) is 1.